The Bertz CT molecular complexity index is 307. The summed E-state index contributed by atoms with van der Waals surface area (Å²) in [6.45, 7) is 8.69. The predicted octanol–water partition coefficient (Wildman–Crippen LogP) is 3.87. The predicted molar refractivity (Wildman–Crippen MR) is 74.5 cm³/mol. The molecule has 1 heterocycles. The smallest absolute Gasteiger partial charge is 0.129 e. The summed E-state index contributed by atoms with van der Waals surface area (Å²) in [7, 11) is 0. The fraction of sp³-hybridized carbons (Fsp3) is 0.733. The van der Waals surface area contributed by atoms with E-state index in [2.05, 4.69) is 26.1 Å². The second kappa shape index (κ2) is 9.17. The van der Waals surface area contributed by atoms with Crippen molar-refractivity contribution >= 4 is 0 Å². The van der Waals surface area contributed by atoms with Gasteiger partial charge >= 0.3 is 0 Å². The summed E-state index contributed by atoms with van der Waals surface area (Å²) in [6, 6.07) is 4.50. The van der Waals surface area contributed by atoms with Crippen molar-refractivity contribution in [2.75, 3.05) is 6.61 Å². The first-order valence-electron chi connectivity index (χ1n) is 7.11. The number of hydrogen-bond acceptors (Lipinski definition) is 3. The van der Waals surface area contributed by atoms with E-state index in [1.54, 1.807) is 0 Å². The van der Waals surface area contributed by atoms with Crippen molar-refractivity contribution in [2.45, 2.75) is 65.6 Å². The largest absolute Gasteiger partial charge is 0.462 e. The Morgan fingerprint density at radius 1 is 1.17 bits per heavy atom. The second-order valence-corrected chi connectivity index (χ2v) is 5.02. The van der Waals surface area contributed by atoms with E-state index in [9.17, 15) is 0 Å². The van der Waals surface area contributed by atoms with Crippen LogP contribution in [0.5, 0.6) is 0 Å². The lowest BCUT2D eigenvalue weighted by Crippen LogP contribution is -2.21. The average Bonchev–Trinajstić information content (AvgIpc) is 2.79. The first-order valence-corrected chi connectivity index (χ1v) is 7.11. The van der Waals surface area contributed by atoms with E-state index in [4.69, 9.17) is 9.15 Å². The highest BCUT2D eigenvalue weighted by Crippen LogP contribution is 2.09. The molecule has 18 heavy (non-hydrogen) atoms. The lowest BCUT2D eigenvalue weighted by molar-refractivity contribution is 0.101. The number of rotatable bonds is 10. The van der Waals surface area contributed by atoms with Gasteiger partial charge in [0.15, 0.2) is 0 Å². The van der Waals surface area contributed by atoms with Gasteiger partial charge in [0.1, 0.15) is 18.1 Å². The van der Waals surface area contributed by atoms with Gasteiger partial charge in [0.05, 0.1) is 6.54 Å². The third kappa shape index (κ3) is 6.82. The van der Waals surface area contributed by atoms with Gasteiger partial charge in [-0.3, -0.25) is 0 Å². The molecule has 1 N–H and O–H groups in total. The molecular formula is C15H27NO2. The Kier molecular flexibility index (Phi) is 7.78. The molecule has 0 spiro atoms. The number of nitrogens with one attached hydrogen (secondary N) is 1. The molecule has 0 fully saturated rings. The Morgan fingerprint density at radius 2 is 1.94 bits per heavy atom. The van der Waals surface area contributed by atoms with Crippen LogP contribution in [0.1, 0.15) is 58.0 Å². The van der Waals surface area contributed by atoms with Gasteiger partial charge in [0.2, 0.25) is 0 Å². The quantitative estimate of drug-likeness (QED) is 0.643. The molecule has 1 rings (SSSR count). The summed E-state index contributed by atoms with van der Waals surface area (Å²) < 4.78 is 11.3. The molecule has 0 atom stereocenters. The fourth-order valence-corrected chi connectivity index (χ4v) is 1.70. The van der Waals surface area contributed by atoms with Crippen LogP contribution >= 0.6 is 0 Å². The van der Waals surface area contributed by atoms with Crippen molar-refractivity contribution in [1.29, 1.82) is 0 Å². The zero-order valence-corrected chi connectivity index (χ0v) is 12.0. The standard InChI is InChI=1S/C15H27NO2/c1-4-5-6-7-10-17-12-15-9-8-14(18-15)11-16-13(2)3/h8-9,13,16H,4-7,10-12H2,1-3H3. The van der Waals surface area contributed by atoms with Crippen molar-refractivity contribution < 1.29 is 9.15 Å². The van der Waals surface area contributed by atoms with Crippen LogP contribution in [-0.2, 0) is 17.9 Å². The molecule has 0 saturated heterocycles. The van der Waals surface area contributed by atoms with Crippen LogP contribution in [0.3, 0.4) is 0 Å². The van der Waals surface area contributed by atoms with Crippen molar-refractivity contribution in [3.8, 4) is 0 Å². The number of unbranched alkanes of at least 4 members (excludes halogenated alkanes) is 3. The number of hydrogen-bond donors (Lipinski definition) is 1. The van der Waals surface area contributed by atoms with Gasteiger partial charge in [-0.15, -0.1) is 0 Å². The molecule has 3 nitrogen and oxygen atoms in total. The molecule has 0 aliphatic carbocycles. The van der Waals surface area contributed by atoms with Gasteiger partial charge in [-0.1, -0.05) is 40.0 Å². The lowest BCUT2D eigenvalue weighted by atomic mass is 10.2. The topological polar surface area (TPSA) is 34.4 Å². The first kappa shape index (κ1) is 15.3. The van der Waals surface area contributed by atoms with Gasteiger partial charge in [-0.2, -0.15) is 0 Å². The van der Waals surface area contributed by atoms with E-state index in [0.717, 1.165) is 31.1 Å². The summed E-state index contributed by atoms with van der Waals surface area (Å²) in [5.74, 6) is 1.90. The van der Waals surface area contributed by atoms with Gasteiger partial charge in [0.25, 0.3) is 0 Å². The van der Waals surface area contributed by atoms with E-state index in [1.807, 2.05) is 12.1 Å². The van der Waals surface area contributed by atoms with Crippen molar-refractivity contribution in [3.63, 3.8) is 0 Å². The van der Waals surface area contributed by atoms with Crippen LogP contribution in [0.15, 0.2) is 16.5 Å². The van der Waals surface area contributed by atoms with Crippen molar-refractivity contribution in [3.05, 3.63) is 23.7 Å². The van der Waals surface area contributed by atoms with E-state index < -0.39 is 0 Å². The molecule has 0 amide bonds. The lowest BCUT2D eigenvalue weighted by Gasteiger charge is -2.05. The van der Waals surface area contributed by atoms with Crippen molar-refractivity contribution in [1.82, 2.24) is 5.32 Å². The molecule has 0 saturated carbocycles. The normalized spacial score (nSPS) is 11.3. The molecule has 0 aliphatic heterocycles. The molecule has 1 aromatic heterocycles. The van der Waals surface area contributed by atoms with E-state index in [0.29, 0.717) is 12.6 Å². The molecule has 0 aromatic carbocycles. The summed E-state index contributed by atoms with van der Waals surface area (Å²) in [6.07, 6.45) is 4.98. The van der Waals surface area contributed by atoms with Gasteiger partial charge in [-0.05, 0) is 18.6 Å². The summed E-state index contributed by atoms with van der Waals surface area (Å²) in [4.78, 5) is 0. The molecule has 0 unspecified atom stereocenters. The molecule has 1 aromatic rings. The molecule has 0 radical (unpaired) electrons. The summed E-state index contributed by atoms with van der Waals surface area (Å²) >= 11 is 0. The van der Waals surface area contributed by atoms with Crippen molar-refractivity contribution in [2.24, 2.45) is 0 Å². The maximum Gasteiger partial charge on any atom is 0.129 e. The minimum absolute atomic E-state index is 0.480. The van der Waals surface area contributed by atoms with Gasteiger partial charge in [0, 0.05) is 12.6 Å². The zero-order chi connectivity index (χ0) is 13.2. The Labute approximate surface area is 111 Å². The minimum Gasteiger partial charge on any atom is -0.462 e. The van der Waals surface area contributed by atoms with E-state index in [-0.39, 0.29) is 0 Å². The van der Waals surface area contributed by atoms with Gasteiger partial charge < -0.3 is 14.5 Å². The monoisotopic (exact) mass is 253 g/mol. The third-order valence-corrected chi connectivity index (χ3v) is 2.79. The molecule has 104 valence electrons. The first-order chi connectivity index (χ1) is 8.72. The average molecular weight is 253 g/mol. The molecule has 0 bridgehead atoms. The number of ether oxygens (including phenoxy) is 1. The fourth-order valence-electron chi connectivity index (χ4n) is 1.70. The highest BCUT2D eigenvalue weighted by atomic mass is 16.5. The summed E-state index contributed by atoms with van der Waals surface area (Å²) in [5.41, 5.74) is 0. The highest BCUT2D eigenvalue weighted by Gasteiger charge is 2.02. The Balaban J connectivity index is 2.11. The second-order valence-electron chi connectivity index (χ2n) is 5.02. The van der Waals surface area contributed by atoms with Crippen LogP contribution in [0.25, 0.3) is 0 Å². The number of furan rings is 1. The minimum atomic E-state index is 0.480. The molecule has 3 heteroatoms. The van der Waals surface area contributed by atoms with E-state index >= 15 is 0 Å². The van der Waals surface area contributed by atoms with Crippen LogP contribution in [0.2, 0.25) is 0 Å². The van der Waals surface area contributed by atoms with Crippen LogP contribution in [0.4, 0.5) is 0 Å². The Hall–Kier alpha value is -0.800. The van der Waals surface area contributed by atoms with E-state index in [1.165, 1.54) is 19.3 Å². The Morgan fingerprint density at radius 3 is 2.67 bits per heavy atom. The molecular weight excluding hydrogens is 226 g/mol. The zero-order valence-electron chi connectivity index (χ0n) is 12.0. The molecule has 0 aliphatic rings. The van der Waals surface area contributed by atoms with Crippen LogP contribution in [-0.4, -0.2) is 12.6 Å². The SMILES string of the molecule is CCCCCCOCc1ccc(CNC(C)C)o1. The third-order valence-electron chi connectivity index (χ3n) is 2.79. The maximum absolute atomic E-state index is 5.67. The van der Waals surface area contributed by atoms with Crippen LogP contribution in [0, 0.1) is 0 Å². The van der Waals surface area contributed by atoms with Crippen LogP contribution < -0.4 is 5.32 Å². The summed E-state index contributed by atoms with van der Waals surface area (Å²) in [5, 5.41) is 3.33. The highest BCUT2D eigenvalue weighted by molar-refractivity contribution is 5.06. The maximum atomic E-state index is 5.67. The van der Waals surface area contributed by atoms with Gasteiger partial charge in [-0.25, -0.2) is 0 Å².